The van der Waals surface area contributed by atoms with E-state index < -0.39 is 0 Å². The average Bonchev–Trinajstić information content (AvgIpc) is 3.11. The maximum Gasteiger partial charge on any atom is 0.319 e. The number of aromatic amines is 1. The smallest absolute Gasteiger partial charge is 0.319 e. The molecule has 0 saturated heterocycles. The summed E-state index contributed by atoms with van der Waals surface area (Å²) in [5.41, 5.74) is 4.16. The highest BCUT2D eigenvalue weighted by Crippen LogP contribution is 2.23. The van der Waals surface area contributed by atoms with Gasteiger partial charge in [-0.25, -0.2) is 9.78 Å². The highest BCUT2D eigenvalue weighted by atomic mass is 16.2. The van der Waals surface area contributed by atoms with E-state index in [1.54, 1.807) is 12.4 Å². The Morgan fingerprint density at radius 1 is 1.14 bits per heavy atom. The molecule has 0 bridgehead atoms. The van der Waals surface area contributed by atoms with Gasteiger partial charge in [0.1, 0.15) is 5.65 Å². The lowest BCUT2D eigenvalue weighted by molar-refractivity contribution is 0.249. The fourth-order valence-corrected chi connectivity index (χ4v) is 3.06. The zero-order chi connectivity index (χ0) is 14.9. The molecule has 2 aromatic heterocycles. The second kappa shape index (κ2) is 5.18. The first-order valence-corrected chi connectivity index (χ1v) is 7.36. The molecular weight excluding hydrogens is 276 g/mol. The van der Waals surface area contributed by atoms with E-state index in [1.807, 2.05) is 24.3 Å². The van der Waals surface area contributed by atoms with Gasteiger partial charge < -0.3 is 15.6 Å². The molecule has 110 valence electrons. The minimum Gasteiger partial charge on any atom is -0.344 e. The van der Waals surface area contributed by atoms with E-state index in [-0.39, 0.29) is 12.1 Å². The van der Waals surface area contributed by atoms with Crippen LogP contribution in [-0.4, -0.2) is 22.0 Å². The summed E-state index contributed by atoms with van der Waals surface area (Å²) in [5.74, 6) is 0. The maximum atomic E-state index is 12.2. The number of carbonyl (C=O) groups is 1. The molecular formula is C17H16N4O. The van der Waals surface area contributed by atoms with Crippen LogP contribution in [0.1, 0.15) is 11.1 Å². The van der Waals surface area contributed by atoms with Crippen molar-refractivity contribution in [3.63, 3.8) is 0 Å². The number of benzene rings is 1. The Bertz CT molecular complexity index is 814. The first kappa shape index (κ1) is 12.9. The Morgan fingerprint density at radius 3 is 2.68 bits per heavy atom. The second-order valence-electron chi connectivity index (χ2n) is 5.57. The van der Waals surface area contributed by atoms with Crippen molar-refractivity contribution in [2.45, 2.75) is 18.9 Å². The summed E-state index contributed by atoms with van der Waals surface area (Å²) in [6.07, 6.45) is 5.26. The van der Waals surface area contributed by atoms with Gasteiger partial charge in [-0.15, -0.1) is 0 Å². The second-order valence-corrected chi connectivity index (χ2v) is 5.57. The minimum atomic E-state index is -0.178. The van der Waals surface area contributed by atoms with Gasteiger partial charge in [0, 0.05) is 23.8 Å². The molecule has 2 heterocycles. The first-order chi connectivity index (χ1) is 10.8. The number of nitrogens with one attached hydrogen (secondary N) is 3. The number of aromatic nitrogens is 2. The zero-order valence-corrected chi connectivity index (χ0v) is 12.0. The van der Waals surface area contributed by atoms with Crippen molar-refractivity contribution >= 4 is 22.8 Å². The van der Waals surface area contributed by atoms with Crippen LogP contribution < -0.4 is 10.6 Å². The summed E-state index contributed by atoms with van der Waals surface area (Å²) in [7, 11) is 0. The number of rotatable bonds is 2. The molecule has 5 heteroatoms. The van der Waals surface area contributed by atoms with Crippen LogP contribution in [0, 0.1) is 0 Å². The molecule has 3 N–H and O–H groups in total. The van der Waals surface area contributed by atoms with E-state index in [2.05, 4.69) is 32.7 Å². The van der Waals surface area contributed by atoms with Gasteiger partial charge in [0.15, 0.2) is 0 Å². The lowest BCUT2D eigenvalue weighted by Gasteiger charge is -2.12. The predicted octanol–water partition coefficient (Wildman–Crippen LogP) is 2.85. The molecule has 0 atom stereocenters. The third-order valence-corrected chi connectivity index (χ3v) is 4.09. The third kappa shape index (κ3) is 2.30. The molecule has 5 nitrogen and oxygen atoms in total. The van der Waals surface area contributed by atoms with Crippen molar-refractivity contribution in [2.24, 2.45) is 0 Å². The number of hydrogen-bond acceptors (Lipinski definition) is 2. The number of pyridine rings is 1. The topological polar surface area (TPSA) is 69.8 Å². The Balaban J connectivity index is 1.44. The van der Waals surface area contributed by atoms with Crippen LogP contribution in [0.5, 0.6) is 0 Å². The summed E-state index contributed by atoms with van der Waals surface area (Å²) >= 11 is 0. The molecule has 0 radical (unpaired) electrons. The van der Waals surface area contributed by atoms with Crippen molar-refractivity contribution in [3.05, 3.63) is 59.9 Å². The van der Waals surface area contributed by atoms with Gasteiger partial charge >= 0.3 is 6.03 Å². The van der Waals surface area contributed by atoms with E-state index in [1.165, 1.54) is 11.1 Å². The zero-order valence-electron chi connectivity index (χ0n) is 12.0. The fourth-order valence-electron chi connectivity index (χ4n) is 3.06. The summed E-state index contributed by atoms with van der Waals surface area (Å²) in [4.78, 5) is 19.5. The molecule has 4 rings (SSSR count). The van der Waals surface area contributed by atoms with Crippen molar-refractivity contribution in [3.8, 4) is 0 Å². The van der Waals surface area contributed by atoms with Crippen LogP contribution in [0.25, 0.3) is 11.0 Å². The number of urea groups is 1. The van der Waals surface area contributed by atoms with Crippen molar-refractivity contribution < 1.29 is 4.79 Å². The van der Waals surface area contributed by atoms with E-state index in [4.69, 9.17) is 0 Å². The van der Waals surface area contributed by atoms with Crippen molar-refractivity contribution in [1.82, 2.24) is 15.3 Å². The van der Waals surface area contributed by atoms with Gasteiger partial charge in [-0.2, -0.15) is 0 Å². The lowest BCUT2D eigenvalue weighted by atomic mass is 10.1. The third-order valence-electron chi connectivity index (χ3n) is 4.09. The number of amides is 2. The van der Waals surface area contributed by atoms with Crippen LogP contribution in [0.4, 0.5) is 10.5 Å². The first-order valence-electron chi connectivity index (χ1n) is 7.36. The summed E-state index contributed by atoms with van der Waals surface area (Å²) in [6, 6.07) is 12.1. The van der Waals surface area contributed by atoms with Crippen LogP contribution >= 0.6 is 0 Å². The molecule has 0 unspecified atom stereocenters. The molecule has 0 spiro atoms. The number of H-pyrrole nitrogens is 1. The van der Waals surface area contributed by atoms with Crippen LogP contribution in [0.15, 0.2) is 48.8 Å². The van der Waals surface area contributed by atoms with Crippen molar-refractivity contribution in [1.29, 1.82) is 0 Å². The molecule has 2 amide bonds. The number of hydrogen-bond donors (Lipinski definition) is 3. The van der Waals surface area contributed by atoms with E-state index in [9.17, 15) is 4.79 Å². The SMILES string of the molecule is O=C(Nc1c[nH]c2ncccc12)NC1Cc2ccccc2C1. The number of anilines is 1. The molecule has 1 aliphatic rings. The monoisotopic (exact) mass is 292 g/mol. The fraction of sp³-hybridized carbons (Fsp3) is 0.176. The van der Waals surface area contributed by atoms with Crippen LogP contribution in [0.3, 0.4) is 0 Å². The van der Waals surface area contributed by atoms with Gasteiger partial charge in [0.2, 0.25) is 0 Å². The predicted molar refractivity (Wildman–Crippen MR) is 85.9 cm³/mol. The van der Waals surface area contributed by atoms with E-state index in [0.717, 1.165) is 29.6 Å². The number of fused-ring (bicyclic) bond motifs is 2. The molecule has 3 aromatic rings. The highest BCUT2D eigenvalue weighted by Gasteiger charge is 2.22. The molecule has 0 fully saturated rings. The van der Waals surface area contributed by atoms with Gasteiger partial charge in [0.25, 0.3) is 0 Å². The largest absolute Gasteiger partial charge is 0.344 e. The highest BCUT2D eigenvalue weighted by molar-refractivity contribution is 5.99. The van der Waals surface area contributed by atoms with Gasteiger partial charge in [-0.3, -0.25) is 0 Å². The van der Waals surface area contributed by atoms with Crippen molar-refractivity contribution in [2.75, 3.05) is 5.32 Å². The Kier molecular flexibility index (Phi) is 3.04. The van der Waals surface area contributed by atoms with Gasteiger partial charge in [0.05, 0.1) is 5.69 Å². The molecule has 1 aromatic carbocycles. The quantitative estimate of drug-likeness (QED) is 0.679. The van der Waals surface area contributed by atoms with Gasteiger partial charge in [-0.1, -0.05) is 24.3 Å². The van der Waals surface area contributed by atoms with Gasteiger partial charge in [-0.05, 0) is 36.1 Å². The average molecular weight is 292 g/mol. The lowest BCUT2D eigenvalue weighted by Crippen LogP contribution is -2.38. The summed E-state index contributed by atoms with van der Waals surface area (Å²) < 4.78 is 0. The maximum absolute atomic E-state index is 12.2. The Hall–Kier alpha value is -2.82. The van der Waals surface area contributed by atoms with E-state index >= 15 is 0 Å². The van der Waals surface area contributed by atoms with Crippen LogP contribution in [-0.2, 0) is 12.8 Å². The normalized spacial score (nSPS) is 14.0. The summed E-state index contributed by atoms with van der Waals surface area (Å²) in [6.45, 7) is 0. The molecule has 1 aliphatic carbocycles. The molecule has 0 aliphatic heterocycles. The standard InChI is InChI=1S/C17H16N4O/c22-17(20-13-8-11-4-1-2-5-12(11)9-13)21-15-10-19-16-14(15)6-3-7-18-16/h1-7,10,13H,8-9H2,(H,18,19)(H2,20,21,22). The summed E-state index contributed by atoms with van der Waals surface area (Å²) in [5, 5.41) is 6.85. The molecule has 0 saturated carbocycles. The Labute approximate surface area is 127 Å². The Morgan fingerprint density at radius 2 is 1.91 bits per heavy atom. The number of carbonyl (C=O) groups excluding carboxylic acids is 1. The number of nitrogens with zero attached hydrogens (tertiary/aromatic N) is 1. The van der Waals surface area contributed by atoms with E-state index in [0.29, 0.717) is 0 Å². The minimum absolute atomic E-state index is 0.153. The van der Waals surface area contributed by atoms with Crippen LogP contribution in [0.2, 0.25) is 0 Å². The molecule has 22 heavy (non-hydrogen) atoms.